The number of nitrogens with two attached hydrogens (primary N) is 1. The predicted molar refractivity (Wildman–Crippen MR) is 89.3 cm³/mol. The first kappa shape index (κ1) is 17.1. The summed E-state index contributed by atoms with van der Waals surface area (Å²) in [5.41, 5.74) is 7.42. The van der Waals surface area contributed by atoms with E-state index < -0.39 is 5.91 Å². The number of allylic oxidation sites excluding steroid dienone is 1. The molecular weight excluding hydrogens is 294 g/mol. The van der Waals surface area contributed by atoms with Crippen molar-refractivity contribution >= 4 is 17.3 Å². The van der Waals surface area contributed by atoms with Crippen LogP contribution in [-0.2, 0) is 9.53 Å². The highest BCUT2D eigenvalue weighted by molar-refractivity contribution is 6.46. The number of pyridine rings is 1. The van der Waals surface area contributed by atoms with Crippen LogP contribution in [0.25, 0.3) is 0 Å². The highest BCUT2D eigenvalue weighted by atomic mass is 16.5. The van der Waals surface area contributed by atoms with E-state index in [9.17, 15) is 4.79 Å². The summed E-state index contributed by atoms with van der Waals surface area (Å²) >= 11 is 0. The Kier molecular flexibility index (Phi) is 5.84. The number of aromatic nitrogens is 1. The molecule has 2 heterocycles. The Morgan fingerprint density at radius 2 is 2.35 bits per heavy atom. The second-order valence-corrected chi connectivity index (χ2v) is 5.70. The van der Waals surface area contributed by atoms with Gasteiger partial charge in [-0.05, 0) is 24.1 Å². The van der Waals surface area contributed by atoms with Gasteiger partial charge in [-0.15, -0.1) is 0 Å². The molecule has 1 fully saturated rings. The van der Waals surface area contributed by atoms with Crippen molar-refractivity contribution in [3.8, 4) is 0 Å². The Hall–Kier alpha value is -2.25. The number of morpholine rings is 1. The lowest BCUT2D eigenvalue weighted by molar-refractivity contribution is -0.110. The van der Waals surface area contributed by atoms with Crippen LogP contribution in [-0.4, -0.2) is 36.3 Å². The van der Waals surface area contributed by atoms with E-state index in [2.05, 4.69) is 15.6 Å². The monoisotopic (exact) mass is 317 g/mol. The SMILES string of the molecule is CC(C)/C(N)=C/C(=N)C(=O)Nc1ccc([C@H]2CNCCO2)nc1. The summed E-state index contributed by atoms with van der Waals surface area (Å²) in [6.07, 6.45) is 2.87. The van der Waals surface area contributed by atoms with E-state index in [0.29, 0.717) is 18.0 Å². The number of carbonyl (C=O) groups excluding carboxylic acids is 1. The number of amides is 1. The first-order valence-electron chi connectivity index (χ1n) is 7.62. The van der Waals surface area contributed by atoms with Gasteiger partial charge in [0.05, 0.1) is 24.2 Å². The Balaban J connectivity index is 1.96. The van der Waals surface area contributed by atoms with E-state index in [4.69, 9.17) is 15.9 Å². The van der Waals surface area contributed by atoms with Crippen LogP contribution in [0.3, 0.4) is 0 Å². The van der Waals surface area contributed by atoms with E-state index >= 15 is 0 Å². The van der Waals surface area contributed by atoms with Crippen molar-refractivity contribution < 1.29 is 9.53 Å². The van der Waals surface area contributed by atoms with Crippen molar-refractivity contribution in [2.45, 2.75) is 20.0 Å². The molecule has 0 aliphatic carbocycles. The fraction of sp³-hybridized carbons (Fsp3) is 0.438. The number of nitrogens with one attached hydrogen (secondary N) is 3. The summed E-state index contributed by atoms with van der Waals surface area (Å²) in [7, 11) is 0. The topological polar surface area (TPSA) is 113 Å². The van der Waals surface area contributed by atoms with Crippen molar-refractivity contribution in [1.29, 1.82) is 5.41 Å². The Labute approximate surface area is 135 Å². The molecule has 1 atom stereocenters. The Bertz CT molecular complexity index is 589. The quantitative estimate of drug-likeness (QED) is 0.609. The number of nitrogens with zero attached hydrogens (tertiary/aromatic N) is 1. The van der Waals surface area contributed by atoms with Gasteiger partial charge in [-0.3, -0.25) is 15.2 Å². The summed E-state index contributed by atoms with van der Waals surface area (Å²) in [4.78, 5) is 16.3. The lowest BCUT2D eigenvalue weighted by Gasteiger charge is -2.23. The lowest BCUT2D eigenvalue weighted by atomic mass is 10.1. The molecule has 1 aromatic heterocycles. The summed E-state index contributed by atoms with van der Waals surface area (Å²) < 4.78 is 5.62. The van der Waals surface area contributed by atoms with Crippen LogP contribution in [0.5, 0.6) is 0 Å². The Morgan fingerprint density at radius 3 is 2.91 bits per heavy atom. The van der Waals surface area contributed by atoms with Crippen LogP contribution in [0, 0.1) is 11.3 Å². The number of hydrogen-bond donors (Lipinski definition) is 4. The molecule has 2 rings (SSSR count). The van der Waals surface area contributed by atoms with Gasteiger partial charge < -0.3 is 21.1 Å². The van der Waals surface area contributed by atoms with Gasteiger partial charge in [-0.1, -0.05) is 13.8 Å². The maximum absolute atomic E-state index is 12.0. The third-order valence-electron chi connectivity index (χ3n) is 3.52. The first-order chi connectivity index (χ1) is 11.0. The average molecular weight is 317 g/mol. The maximum Gasteiger partial charge on any atom is 0.273 e. The van der Waals surface area contributed by atoms with E-state index in [1.165, 1.54) is 6.08 Å². The zero-order valence-corrected chi connectivity index (χ0v) is 13.4. The Morgan fingerprint density at radius 1 is 1.57 bits per heavy atom. The van der Waals surface area contributed by atoms with Crippen LogP contribution in [0.2, 0.25) is 0 Å². The van der Waals surface area contributed by atoms with Crippen LogP contribution in [0.1, 0.15) is 25.6 Å². The highest BCUT2D eigenvalue weighted by Gasteiger charge is 2.17. The highest BCUT2D eigenvalue weighted by Crippen LogP contribution is 2.18. The molecule has 124 valence electrons. The second-order valence-electron chi connectivity index (χ2n) is 5.70. The van der Waals surface area contributed by atoms with Gasteiger partial charge in [0.2, 0.25) is 0 Å². The van der Waals surface area contributed by atoms with E-state index in [1.54, 1.807) is 12.3 Å². The molecule has 0 aromatic carbocycles. The van der Waals surface area contributed by atoms with Crippen LogP contribution in [0.4, 0.5) is 5.69 Å². The van der Waals surface area contributed by atoms with Gasteiger partial charge in [0.15, 0.2) is 0 Å². The molecule has 1 aliphatic rings. The van der Waals surface area contributed by atoms with Gasteiger partial charge >= 0.3 is 0 Å². The zero-order chi connectivity index (χ0) is 16.8. The predicted octanol–water partition coefficient (Wildman–Crippen LogP) is 1.20. The number of carbonyl (C=O) groups is 1. The van der Waals surface area contributed by atoms with Crippen LogP contribution < -0.4 is 16.4 Å². The minimum absolute atomic E-state index is 0.0689. The largest absolute Gasteiger partial charge is 0.402 e. The standard InChI is InChI=1S/C16H23N5O2/c1-10(2)12(17)7-13(18)16(22)21-11-3-4-14(20-8-11)15-9-19-5-6-23-15/h3-4,7-8,10,15,18-19H,5-6,9,17H2,1-2H3,(H,21,22)/b12-7-,18-13?/t15-/m1/s1. The molecule has 7 heteroatoms. The van der Waals surface area contributed by atoms with Gasteiger partial charge in [0.1, 0.15) is 11.8 Å². The minimum atomic E-state index is -0.515. The van der Waals surface area contributed by atoms with Gasteiger partial charge in [0, 0.05) is 18.8 Å². The summed E-state index contributed by atoms with van der Waals surface area (Å²) in [5, 5.41) is 13.6. The lowest BCUT2D eigenvalue weighted by Crippen LogP contribution is -2.33. The first-order valence-corrected chi connectivity index (χ1v) is 7.62. The molecule has 7 nitrogen and oxygen atoms in total. The fourth-order valence-corrected chi connectivity index (χ4v) is 2.02. The van der Waals surface area contributed by atoms with E-state index in [-0.39, 0.29) is 17.7 Å². The van der Waals surface area contributed by atoms with E-state index in [0.717, 1.165) is 18.8 Å². The van der Waals surface area contributed by atoms with Crippen molar-refractivity contribution in [1.82, 2.24) is 10.3 Å². The molecule has 0 unspecified atom stereocenters. The third kappa shape index (κ3) is 4.87. The molecule has 23 heavy (non-hydrogen) atoms. The maximum atomic E-state index is 12.0. The molecular formula is C16H23N5O2. The van der Waals surface area contributed by atoms with Gasteiger partial charge in [-0.25, -0.2) is 0 Å². The number of ether oxygens (including phenoxy) is 1. The molecule has 1 amide bonds. The van der Waals surface area contributed by atoms with Gasteiger partial charge in [-0.2, -0.15) is 0 Å². The summed E-state index contributed by atoms with van der Waals surface area (Å²) in [6.45, 7) is 6.04. The molecule has 1 aromatic rings. The van der Waals surface area contributed by atoms with Gasteiger partial charge in [0.25, 0.3) is 5.91 Å². The zero-order valence-electron chi connectivity index (χ0n) is 13.4. The third-order valence-corrected chi connectivity index (χ3v) is 3.52. The molecule has 1 aliphatic heterocycles. The summed E-state index contributed by atoms with van der Waals surface area (Å²) in [6, 6.07) is 3.57. The molecule has 0 radical (unpaired) electrons. The fourth-order valence-electron chi connectivity index (χ4n) is 2.02. The number of hydrogen-bond acceptors (Lipinski definition) is 6. The molecule has 0 spiro atoms. The van der Waals surface area contributed by atoms with Crippen LogP contribution in [0.15, 0.2) is 30.1 Å². The number of anilines is 1. The minimum Gasteiger partial charge on any atom is -0.402 e. The number of rotatable bonds is 5. The normalized spacial score (nSPS) is 18.7. The molecule has 5 N–H and O–H groups in total. The van der Waals surface area contributed by atoms with Crippen LogP contribution >= 0.6 is 0 Å². The van der Waals surface area contributed by atoms with Crippen molar-refractivity contribution in [2.24, 2.45) is 11.7 Å². The van der Waals surface area contributed by atoms with Crippen molar-refractivity contribution in [2.75, 3.05) is 25.0 Å². The smallest absolute Gasteiger partial charge is 0.273 e. The van der Waals surface area contributed by atoms with Crippen molar-refractivity contribution in [3.63, 3.8) is 0 Å². The van der Waals surface area contributed by atoms with E-state index in [1.807, 2.05) is 19.9 Å². The molecule has 0 bridgehead atoms. The van der Waals surface area contributed by atoms with Crippen molar-refractivity contribution in [3.05, 3.63) is 35.8 Å². The molecule has 1 saturated heterocycles. The second kappa shape index (κ2) is 7.85. The summed E-state index contributed by atoms with van der Waals surface area (Å²) in [5.74, 6) is -0.424. The molecule has 0 saturated carbocycles. The average Bonchev–Trinajstić information content (AvgIpc) is 2.56.